The fourth-order valence-corrected chi connectivity index (χ4v) is 2.71. The van der Waals surface area contributed by atoms with Crippen molar-refractivity contribution in [1.82, 2.24) is 9.97 Å². The highest BCUT2D eigenvalue weighted by molar-refractivity contribution is 7.09. The molecule has 24 heavy (non-hydrogen) atoms. The maximum atomic E-state index is 12.8. The Morgan fingerprint density at radius 2 is 2.08 bits per heavy atom. The van der Waals surface area contributed by atoms with Crippen LogP contribution in [0.3, 0.4) is 0 Å². The predicted octanol–water partition coefficient (Wildman–Crippen LogP) is 4.20. The van der Waals surface area contributed by atoms with Gasteiger partial charge >= 0.3 is 5.97 Å². The number of esters is 1. The molecule has 3 rings (SSSR count). The predicted molar refractivity (Wildman–Crippen MR) is 87.8 cm³/mol. The number of thiazole rings is 1. The summed E-state index contributed by atoms with van der Waals surface area (Å²) >= 11 is 7.13. The Morgan fingerprint density at radius 3 is 2.79 bits per heavy atom. The number of carbonyl (C=O) groups excluding carboxylic acids is 1. The van der Waals surface area contributed by atoms with Gasteiger partial charge in [0.1, 0.15) is 35.5 Å². The van der Waals surface area contributed by atoms with Crippen LogP contribution in [0, 0.1) is 5.82 Å². The number of nitrogens with one attached hydrogen (secondary N) is 1. The number of ether oxygens (including phenoxy) is 2. The van der Waals surface area contributed by atoms with E-state index in [1.165, 1.54) is 35.7 Å². The second-order valence-electron chi connectivity index (χ2n) is 4.78. The number of aromatic amines is 1. The SMILES string of the molecule is O=C(OCc1csc(COc2ccc(F)cc2)n1)c1cc(Cl)c[nH]1. The highest BCUT2D eigenvalue weighted by atomic mass is 35.5. The average molecular weight is 367 g/mol. The number of hydrogen-bond donors (Lipinski definition) is 1. The molecular weight excluding hydrogens is 355 g/mol. The minimum Gasteiger partial charge on any atom is -0.486 e. The van der Waals surface area contributed by atoms with Crippen molar-refractivity contribution in [2.75, 3.05) is 0 Å². The Bertz CT molecular complexity index is 832. The molecule has 0 unspecified atom stereocenters. The summed E-state index contributed by atoms with van der Waals surface area (Å²) < 4.78 is 23.5. The Hall–Kier alpha value is -2.38. The normalized spacial score (nSPS) is 10.6. The van der Waals surface area contributed by atoms with E-state index in [0.717, 1.165) is 5.01 Å². The topological polar surface area (TPSA) is 64.2 Å². The molecule has 0 saturated heterocycles. The van der Waals surface area contributed by atoms with Gasteiger partial charge in [-0.05, 0) is 30.3 Å². The molecule has 0 spiro atoms. The summed E-state index contributed by atoms with van der Waals surface area (Å²) in [6.45, 7) is 0.318. The minimum atomic E-state index is -0.501. The summed E-state index contributed by atoms with van der Waals surface area (Å²) in [5.41, 5.74) is 0.916. The van der Waals surface area contributed by atoms with E-state index in [1.807, 2.05) is 0 Å². The summed E-state index contributed by atoms with van der Waals surface area (Å²) in [6.07, 6.45) is 1.51. The van der Waals surface area contributed by atoms with Crippen LogP contribution in [0.1, 0.15) is 21.2 Å². The lowest BCUT2D eigenvalue weighted by atomic mass is 10.3. The lowest BCUT2D eigenvalue weighted by molar-refractivity contribution is 0.0462. The third kappa shape index (κ3) is 4.33. The van der Waals surface area contributed by atoms with Crippen LogP contribution in [-0.4, -0.2) is 15.9 Å². The summed E-state index contributed by atoms with van der Waals surface area (Å²) in [6, 6.07) is 7.25. The van der Waals surface area contributed by atoms with Gasteiger partial charge in [-0.25, -0.2) is 14.2 Å². The number of aromatic nitrogens is 2. The summed E-state index contributed by atoms with van der Waals surface area (Å²) in [5.74, 6) is -0.258. The minimum absolute atomic E-state index is 0.0581. The fourth-order valence-electron chi connectivity index (χ4n) is 1.86. The van der Waals surface area contributed by atoms with Crippen LogP contribution in [0.4, 0.5) is 4.39 Å². The Morgan fingerprint density at radius 1 is 1.29 bits per heavy atom. The summed E-state index contributed by atoms with van der Waals surface area (Å²) in [5, 5.41) is 2.96. The van der Waals surface area contributed by atoms with Crippen molar-refractivity contribution in [2.45, 2.75) is 13.2 Å². The van der Waals surface area contributed by atoms with Crippen LogP contribution in [0.2, 0.25) is 5.02 Å². The number of halogens is 2. The number of hydrogen-bond acceptors (Lipinski definition) is 5. The van der Waals surface area contributed by atoms with Gasteiger partial charge in [-0.2, -0.15) is 0 Å². The lowest BCUT2D eigenvalue weighted by Crippen LogP contribution is -2.05. The van der Waals surface area contributed by atoms with Crippen LogP contribution in [0.15, 0.2) is 41.9 Å². The molecule has 0 aliphatic rings. The molecule has 0 fully saturated rings. The Balaban J connectivity index is 1.50. The first-order chi connectivity index (χ1) is 11.6. The maximum Gasteiger partial charge on any atom is 0.355 e. The van der Waals surface area contributed by atoms with E-state index >= 15 is 0 Å². The van der Waals surface area contributed by atoms with Crippen LogP contribution in [0.5, 0.6) is 5.75 Å². The second-order valence-corrected chi connectivity index (χ2v) is 6.16. The van der Waals surface area contributed by atoms with Crippen molar-refractivity contribution in [3.8, 4) is 5.75 Å². The van der Waals surface area contributed by atoms with E-state index in [1.54, 1.807) is 17.5 Å². The first-order valence-electron chi connectivity index (χ1n) is 6.93. The van der Waals surface area contributed by atoms with Crippen molar-refractivity contribution < 1.29 is 18.7 Å². The van der Waals surface area contributed by atoms with Crippen molar-refractivity contribution >= 4 is 28.9 Å². The fraction of sp³-hybridized carbons (Fsp3) is 0.125. The van der Waals surface area contributed by atoms with E-state index < -0.39 is 5.97 Å². The molecule has 1 N–H and O–H groups in total. The van der Waals surface area contributed by atoms with E-state index in [0.29, 0.717) is 16.5 Å². The molecule has 2 aromatic heterocycles. The second kappa shape index (κ2) is 7.46. The summed E-state index contributed by atoms with van der Waals surface area (Å²) in [4.78, 5) is 18.8. The van der Waals surface area contributed by atoms with Crippen molar-refractivity contribution in [1.29, 1.82) is 0 Å². The smallest absolute Gasteiger partial charge is 0.355 e. The Labute approximate surface area is 146 Å². The molecule has 8 heteroatoms. The van der Waals surface area contributed by atoms with Crippen molar-refractivity contribution in [3.05, 3.63) is 69.1 Å². The molecule has 0 saturated carbocycles. The van der Waals surface area contributed by atoms with Crippen LogP contribution < -0.4 is 4.74 Å². The van der Waals surface area contributed by atoms with Gasteiger partial charge in [0, 0.05) is 11.6 Å². The van der Waals surface area contributed by atoms with Gasteiger partial charge in [0.05, 0.1) is 10.7 Å². The molecule has 0 aliphatic carbocycles. The molecule has 0 aliphatic heterocycles. The third-order valence-electron chi connectivity index (χ3n) is 2.99. The largest absolute Gasteiger partial charge is 0.486 e. The molecule has 5 nitrogen and oxygen atoms in total. The van der Waals surface area contributed by atoms with E-state index in [-0.39, 0.29) is 24.7 Å². The van der Waals surface area contributed by atoms with Crippen LogP contribution in [0.25, 0.3) is 0 Å². The maximum absolute atomic E-state index is 12.8. The highest BCUT2D eigenvalue weighted by Crippen LogP contribution is 2.17. The molecule has 2 heterocycles. The van der Waals surface area contributed by atoms with Crippen molar-refractivity contribution in [3.63, 3.8) is 0 Å². The molecule has 3 aromatic rings. The summed E-state index contributed by atoms with van der Waals surface area (Å²) in [7, 11) is 0. The van der Waals surface area contributed by atoms with E-state index in [2.05, 4.69) is 9.97 Å². The van der Waals surface area contributed by atoms with Crippen LogP contribution >= 0.6 is 22.9 Å². The number of H-pyrrole nitrogens is 1. The zero-order chi connectivity index (χ0) is 16.9. The zero-order valence-corrected chi connectivity index (χ0v) is 13.9. The number of nitrogens with zero attached hydrogens (tertiary/aromatic N) is 1. The number of benzene rings is 1. The van der Waals surface area contributed by atoms with Gasteiger partial charge < -0.3 is 14.5 Å². The number of rotatable bonds is 6. The van der Waals surface area contributed by atoms with E-state index in [9.17, 15) is 9.18 Å². The average Bonchev–Trinajstić information content (AvgIpc) is 3.21. The Kier molecular flexibility index (Phi) is 5.12. The molecule has 0 radical (unpaired) electrons. The third-order valence-corrected chi connectivity index (χ3v) is 4.08. The quantitative estimate of drug-likeness (QED) is 0.664. The highest BCUT2D eigenvalue weighted by Gasteiger charge is 2.11. The van der Waals surface area contributed by atoms with Gasteiger partial charge in [-0.1, -0.05) is 11.6 Å². The van der Waals surface area contributed by atoms with Gasteiger partial charge in [-0.3, -0.25) is 0 Å². The molecule has 0 bridgehead atoms. The standard InChI is InChI=1S/C16H12ClFN2O3S/c17-10-5-14(19-6-10)16(21)23-7-12-9-24-15(20-12)8-22-13-3-1-11(18)2-4-13/h1-6,9,19H,7-8H2. The zero-order valence-electron chi connectivity index (χ0n) is 12.3. The van der Waals surface area contributed by atoms with Gasteiger partial charge in [0.15, 0.2) is 0 Å². The van der Waals surface area contributed by atoms with Crippen molar-refractivity contribution in [2.24, 2.45) is 0 Å². The molecule has 0 atom stereocenters. The first kappa shape index (κ1) is 16.5. The van der Waals surface area contributed by atoms with Gasteiger partial charge in [-0.15, -0.1) is 11.3 Å². The first-order valence-corrected chi connectivity index (χ1v) is 8.18. The lowest BCUT2D eigenvalue weighted by Gasteiger charge is -2.03. The monoisotopic (exact) mass is 366 g/mol. The van der Waals surface area contributed by atoms with Crippen LogP contribution in [-0.2, 0) is 18.0 Å². The molecular formula is C16H12ClFN2O3S. The van der Waals surface area contributed by atoms with Gasteiger partial charge in [0.2, 0.25) is 0 Å². The molecule has 1 aromatic carbocycles. The molecule has 124 valence electrons. The number of carbonyl (C=O) groups is 1. The van der Waals surface area contributed by atoms with E-state index in [4.69, 9.17) is 21.1 Å². The molecule has 0 amide bonds. The van der Waals surface area contributed by atoms with Gasteiger partial charge in [0.25, 0.3) is 0 Å².